The van der Waals surface area contributed by atoms with Crippen LogP contribution in [-0.4, -0.2) is 47.4 Å². The highest BCUT2D eigenvalue weighted by Gasteiger charge is 2.83. The second kappa shape index (κ2) is 5.56. The predicted molar refractivity (Wildman–Crippen MR) is 98.2 cm³/mol. The number of aldehydes is 1. The normalized spacial score (nSPS) is 52.4. The molecule has 4 saturated carbocycles. The Morgan fingerprint density at radius 3 is 2.69 bits per heavy atom. The molecular formula is C22H26O7. The number of aliphatic hydroxyl groups excluding tert-OH is 1. The van der Waals surface area contributed by atoms with Gasteiger partial charge in [0.1, 0.15) is 23.9 Å². The van der Waals surface area contributed by atoms with Gasteiger partial charge in [0.25, 0.3) is 0 Å². The Morgan fingerprint density at radius 1 is 1.31 bits per heavy atom. The van der Waals surface area contributed by atoms with Crippen LogP contribution in [0.1, 0.15) is 46.0 Å². The topological polar surface area (TPSA) is 107 Å². The molecule has 9 unspecified atom stereocenters. The molecule has 7 nitrogen and oxygen atoms in total. The molecule has 0 amide bonds. The Kier molecular flexibility index (Phi) is 3.64. The van der Waals surface area contributed by atoms with Crippen molar-refractivity contribution in [3.63, 3.8) is 0 Å². The third-order valence-corrected chi connectivity index (χ3v) is 8.85. The minimum Gasteiger partial charge on any atom is -0.462 e. The van der Waals surface area contributed by atoms with Crippen molar-refractivity contribution in [2.75, 3.05) is 0 Å². The molecule has 1 N–H and O–H groups in total. The lowest BCUT2D eigenvalue weighted by Gasteiger charge is -2.68. The highest BCUT2D eigenvalue weighted by molar-refractivity contribution is 6.06. The SMILES string of the molecule is C=C1C(=O)C23C4CC5C(C)(C=O)CCCC5(C(=O)O4)C2C(OC(C)=O)CC1C3O. The lowest BCUT2D eigenvalue weighted by molar-refractivity contribution is -0.296. The van der Waals surface area contributed by atoms with Crippen LogP contribution < -0.4 is 0 Å². The number of ketones is 1. The number of hydrogen-bond donors (Lipinski definition) is 1. The fourth-order valence-electron chi connectivity index (χ4n) is 7.88. The summed E-state index contributed by atoms with van der Waals surface area (Å²) in [7, 11) is 0. The molecule has 6 aliphatic rings. The summed E-state index contributed by atoms with van der Waals surface area (Å²) in [4.78, 5) is 50.9. The number of esters is 2. The van der Waals surface area contributed by atoms with Gasteiger partial charge in [-0.1, -0.05) is 19.9 Å². The first kappa shape index (κ1) is 19.0. The summed E-state index contributed by atoms with van der Waals surface area (Å²) in [5.74, 6) is -2.72. The summed E-state index contributed by atoms with van der Waals surface area (Å²) in [6, 6.07) is 0. The van der Waals surface area contributed by atoms with Crippen molar-refractivity contribution in [1.29, 1.82) is 0 Å². The maximum Gasteiger partial charge on any atom is 0.313 e. The van der Waals surface area contributed by atoms with Crippen LogP contribution in [-0.2, 0) is 28.7 Å². The van der Waals surface area contributed by atoms with Gasteiger partial charge in [0, 0.05) is 24.2 Å². The molecule has 4 aliphatic carbocycles. The summed E-state index contributed by atoms with van der Waals surface area (Å²) in [5.41, 5.74) is -2.87. The van der Waals surface area contributed by atoms with E-state index in [1.807, 2.05) is 6.92 Å². The Hall–Kier alpha value is -2.02. The molecule has 29 heavy (non-hydrogen) atoms. The molecule has 2 saturated heterocycles. The standard InChI is InChI=1S/C22H26O7/c1-10-12-7-13(28-11(2)24)16-21-6-4-5-20(3,9-23)14(21)8-15(29-19(21)27)22(16,17(10)25)18(12)26/h9,12-16,18,26H,1,4-8H2,2-3H3. The van der Waals surface area contributed by atoms with Gasteiger partial charge in [-0.05, 0) is 37.2 Å². The molecule has 2 heterocycles. The van der Waals surface area contributed by atoms with Gasteiger partial charge in [-0.15, -0.1) is 0 Å². The lowest BCUT2D eigenvalue weighted by Crippen LogP contribution is -2.77. The molecule has 6 rings (SSSR count). The molecule has 156 valence electrons. The summed E-state index contributed by atoms with van der Waals surface area (Å²) >= 11 is 0. The molecule has 0 aromatic rings. The van der Waals surface area contributed by atoms with Gasteiger partial charge in [-0.25, -0.2) is 0 Å². The number of rotatable bonds is 2. The average Bonchev–Trinajstić information content (AvgIpc) is 2.78. The van der Waals surface area contributed by atoms with Crippen molar-refractivity contribution >= 4 is 24.0 Å². The van der Waals surface area contributed by atoms with Crippen LogP contribution >= 0.6 is 0 Å². The maximum absolute atomic E-state index is 13.5. The Labute approximate surface area is 168 Å². The molecular weight excluding hydrogens is 376 g/mol. The Morgan fingerprint density at radius 2 is 2.03 bits per heavy atom. The van der Waals surface area contributed by atoms with E-state index in [4.69, 9.17) is 9.47 Å². The van der Waals surface area contributed by atoms with E-state index in [2.05, 4.69) is 6.58 Å². The fraction of sp³-hybridized carbons (Fsp3) is 0.727. The second-order valence-corrected chi connectivity index (χ2v) is 9.90. The van der Waals surface area contributed by atoms with Gasteiger partial charge in [-0.3, -0.25) is 14.4 Å². The van der Waals surface area contributed by atoms with E-state index in [-0.39, 0.29) is 18.1 Å². The number of carbonyl (C=O) groups excluding carboxylic acids is 4. The van der Waals surface area contributed by atoms with Crippen LogP contribution in [0.15, 0.2) is 12.2 Å². The highest BCUT2D eigenvalue weighted by atomic mass is 16.6. The number of carbonyl (C=O) groups is 4. The van der Waals surface area contributed by atoms with Crippen molar-refractivity contribution in [3.05, 3.63) is 12.2 Å². The zero-order valence-corrected chi connectivity index (χ0v) is 16.7. The largest absolute Gasteiger partial charge is 0.462 e. The minimum absolute atomic E-state index is 0.254. The summed E-state index contributed by atoms with van der Waals surface area (Å²) in [6.07, 6.45) is 0.706. The van der Waals surface area contributed by atoms with E-state index >= 15 is 0 Å². The average molecular weight is 402 g/mol. The monoisotopic (exact) mass is 402 g/mol. The highest BCUT2D eigenvalue weighted by Crippen LogP contribution is 2.74. The van der Waals surface area contributed by atoms with Crippen molar-refractivity contribution < 1.29 is 33.8 Å². The second-order valence-electron chi connectivity index (χ2n) is 9.90. The number of fused-ring (bicyclic) bond motifs is 2. The van der Waals surface area contributed by atoms with Crippen LogP contribution in [0.4, 0.5) is 0 Å². The van der Waals surface area contributed by atoms with Gasteiger partial charge in [-0.2, -0.15) is 0 Å². The number of hydrogen-bond acceptors (Lipinski definition) is 7. The zero-order chi connectivity index (χ0) is 20.9. The third-order valence-electron chi connectivity index (χ3n) is 8.85. The van der Waals surface area contributed by atoms with Crippen molar-refractivity contribution in [2.45, 2.75) is 64.3 Å². The lowest BCUT2D eigenvalue weighted by atomic mass is 9.37. The zero-order valence-electron chi connectivity index (χ0n) is 16.7. The first-order chi connectivity index (χ1) is 13.6. The Bertz CT molecular complexity index is 863. The minimum atomic E-state index is -1.34. The van der Waals surface area contributed by atoms with Crippen LogP contribution in [0, 0.1) is 34.0 Å². The van der Waals surface area contributed by atoms with Crippen molar-refractivity contribution in [1.82, 2.24) is 0 Å². The smallest absolute Gasteiger partial charge is 0.313 e. The molecule has 0 radical (unpaired) electrons. The molecule has 7 heteroatoms. The Balaban J connectivity index is 1.77. The first-order valence-corrected chi connectivity index (χ1v) is 10.4. The fourth-order valence-corrected chi connectivity index (χ4v) is 7.88. The summed E-state index contributed by atoms with van der Waals surface area (Å²) in [5, 5.41) is 11.3. The van der Waals surface area contributed by atoms with Gasteiger partial charge in [0.05, 0.1) is 11.5 Å². The molecule has 4 bridgehead atoms. The number of ether oxygens (including phenoxy) is 2. The molecule has 0 aromatic carbocycles. The molecule has 2 aliphatic heterocycles. The van der Waals surface area contributed by atoms with Gasteiger partial charge >= 0.3 is 11.9 Å². The van der Waals surface area contributed by atoms with Crippen molar-refractivity contribution in [3.8, 4) is 0 Å². The first-order valence-electron chi connectivity index (χ1n) is 10.4. The van der Waals surface area contributed by atoms with Gasteiger partial charge in [0.15, 0.2) is 5.78 Å². The van der Waals surface area contributed by atoms with Gasteiger partial charge < -0.3 is 19.4 Å². The molecule has 6 fully saturated rings. The third kappa shape index (κ3) is 1.89. The van der Waals surface area contributed by atoms with E-state index < -0.39 is 58.3 Å². The van der Waals surface area contributed by atoms with Crippen LogP contribution in [0.2, 0.25) is 0 Å². The molecule has 2 spiro atoms. The number of Topliss-reactive ketones (excluding diaryl/α,β-unsaturated/α-hetero) is 1. The van der Waals surface area contributed by atoms with E-state index in [9.17, 15) is 24.3 Å². The number of aliphatic hydroxyl groups is 1. The van der Waals surface area contributed by atoms with E-state index in [1.165, 1.54) is 6.92 Å². The van der Waals surface area contributed by atoms with E-state index in [0.29, 0.717) is 31.3 Å². The van der Waals surface area contributed by atoms with E-state index in [0.717, 1.165) is 6.29 Å². The van der Waals surface area contributed by atoms with Crippen LogP contribution in [0.25, 0.3) is 0 Å². The summed E-state index contributed by atoms with van der Waals surface area (Å²) in [6.45, 7) is 7.10. The maximum atomic E-state index is 13.5. The molecule has 9 atom stereocenters. The van der Waals surface area contributed by atoms with E-state index in [1.54, 1.807) is 0 Å². The molecule has 0 aromatic heterocycles. The quantitative estimate of drug-likeness (QED) is 0.422. The van der Waals surface area contributed by atoms with Crippen LogP contribution in [0.5, 0.6) is 0 Å². The van der Waals surface area contributed by atoms with Crippen LogP contribution in [0.3, 0.4) is 0 Å². The van der Waals surface area contributed by atoms with Crippen molar-refractivity contribution in [2.24, 2.45) is 34.0 Å². The van der Waals surface area contributed by atoms with Gasteiger partial charge in [0.2, 0.25) is 0 Å². The predicted octanol–water partition coefficient (Wildman–Crippen LogP) is 1.36. The summed E-state index contributed by atoms with van der Waals surface area (Å²) < 4.78 is 11.5.